The molecule has 20 heavy (non-hydrogen) atoms. The number of hydrogen-bond donors (Lipinski definition) is 2. The summed E-state index contributed by atoms with van der Waals surface area (Å²) in [6.07, 6.45) is 4.93. The van der Waals surface area contributed by atoms with Crippen LogP contribution in [0, 0.1) is 6.92 Å². The van der Waals surface area contributed by atoms with E-state index in [0.717, 1.165) is 32.0 Å². The van der Waals surface area contributed by atoms with Crippen LogP contribution in [-0.4, -0.2) is 34.4 Å². The third-order valence-corrected chi connectivity index (χ3v) is 2.42. The lowest BCUT2D eigenvalue weighted by Crippen LogP contribution is -2.47. The second kappa shape index (κ2) is 9.20. The molecule has 5 nitrogen and oxygen atoms in total. The van der Waals surface area contributed by atoms with Gasteiger partial charge < -0.3 is 10.6 Å². The summed E-state index contributed by atoms with van der Waals surface area (Å²) in [6.45, 7) is 13.1. The van der Waals surface area contributed by atoms with Crippen molar-refractivity contribution in [1.29, 1.82) is 0 Å². The molecule has 1 heterocycles. The van der Waals surface area contributed by atoms with E-state index in [-0.39, 0.29) is 29.5 Å². The van der Waals surface area contributed by atoms with Crippen molar-refractivity contribution >= 4 is 29.9 Å². The lowest BCUT2D eigenvalue weighted by Gasteiger charge is -2.23. The van der Waals surface area contributed by atoms with Gasteiger partial charge in [0.05, 0.1) is 6.20 Å². The van der Waals surface area contributed by atoms with Gasteiger partial charge in [-0.3, -0.25) is 9.67 Å². The summed E-state index contributed by atoms with van der Waals surface area (Å²) in [5.74, 6) is 0.881. The maximum Gasteiger partial charge on any atom is 0.191 e. The Hall–Kier alpha value is -0.790. The summed E-state index contributed by atoms with van der Waals surface area (Å²) in [4.78, 5) is 4.57. The SMILES string of the molecule is CCNC(=NCCCn1cc(C)cn1)NC(C)(C)C.I. The molecule has 1 rings (SSSR count). The first-order chi connectivity index (χ1) is 8.90. The Kier molecular flexibility index (Phi) is 8.84. The number of rotatable bonds is 5. The van der Waals surface area contributed by atoms with E-state index in [4.69, 9.17) is 0 Å². The third kappa shape index (κ3) is 8.39. The van der Waals surface area contributed by atoms with Crippen LogP contribution in [0.25, 0.3) is 0 Å². The normalized spacial score (nSPS) is 11.9. The monoisotopic (exact) mass is 393 g/mol. The van der Waals surface area contributed by atoms with E-state index in [1.165, 1.54) is 5.56 Å². The molecule has 0 unspecified atom stereocenters. The van der Waals surface area contributed by atoms with Gasteiger partial charge in [-0.2, -0.15) is 5.10 Å². The van der Waals surface area contributed by atoms with Gasteiger partial charge in [0.1, 0.15) is 0 Å². The highest BCUT2D eigenvalue weighted by Crippen LogP contribution is 1.99. The van der Waals surface area contributed by atoms with Crippen LogP contribution in [0.5, 0.6) is 0 Å². The number of aromatic nitrogens is 2. The maximum absolute atomic E-state index is 4.57. The second-order valence-electron chi connectivity index (χ2n) is 5.77. The van der Waals surface area contributed by atoms with Crippen molar-refractivity contribution in [3.05, 3.63) is 18.0 Å². The van der Waals surface area contributed by atoms with E-state index in [2.05, 4.69) is 61.5 Å². The van der Waals surface area contributed by atoms with Crippen molar-refractivity contribution in [3.63, 3.8) is 0 Å². The lowest BCUT2D eigenvalue weighted by atomic mass is 10.1. The molecule has 0 radical (unpaired) electrons. The Bertz CT molecular complexity index is 406. The first-order valence-electron chi connectivity index (χ1n) is 6.96. The van der Waals surface area contributed by atoms with Gasteiger partial charge in [-0.1, -0.05) is 0 Å². The minimum absolute atomic E-state index is 0. The molecule has 116 valence electrons. The minimum Gasteiger partial charge on any atom is -0.357 e. The average Bonchev–Trinajstić information content (AvgIpc) is 2.68. The van der Waals surface area contributed by atoms with E-state index < -0.39 is 0 Å². The van der Waals surface area contributed by atoms with Crippen LogP contribution in [0.1, 0.15) is 39.7 Å². The molecule has 0 amide bonds. The van der Waals surface area contributed by atoms with Gasteiger partial charge in [0.25, 0.3) is 0 Å². The van der Waals surface area contributed by atoms with Crippen LogP contribution in [0.3, 0.4) is 0 Å². The Morgan fingerprint density at radius 3 is 2.60 bits per heavy atom. The Morgan fingerprint density at radius 2 is 2.10 bits per heavy atom. The van der Waals surface area contributed by atoms with Gasteiger partial charge in [-0.05, 0) is 46.6 Å². The van der Waals surface area contributed by atoms with Crippen LogP contribution >= 0.6 is 24.0 Å². The van der Waals surface area contributed by atoms with E-state index in [1.54, 1.807) is 0 Å². The summed E-state index contributed by atoms with van der Waals surface area (Å²) in [5, 5.41) is 10.9. The van der Waals surface area contributed by atoms with Crippen LogP contribution in [0.4, 0.5) is 0 Å². The van der Waals surface area contributed by atoms with Gasteiger partial charge >= 0.3 is 0 Å². The molecule has 0 aliphatic heterocycles. The molecule has 0 aliphatic carbocycles. The molecular weight excluding hydrogens is 365 g/mol. The summed E-state index contributed by atoms with van der Waals surface area (Å²) in [6, 6.07) is 0. The second-order valence-corrected chi connectivity index (χ2v) is 5.77. The molecule has 2 N–H and O–H groups in total. The predicted octanol–water partition coefficient (Wildman–Crippen LogP) is 2.55. The van der Waals surface area contributed by atoms with Gasteiger partial charge in [0.15, 0.2) is 5.96 Å². The van der Waals surface area contributed by atoms with Crippen molar-refractivity contribution in [2.45, 2.75) is 53.1 Å². The Morgan fingerprint density at radius 1 is 1.40 bits per heavy atom. The molecule has 0 atom stereocenters. The largest absolute Gasteiger partial charge is 0.357 e. The highest BCUT2D eigenvalue weighted by Gasteiger charge is 2.11. The Balaban J connectivity index is 0.00000361. The molecule has 0 aromatic carbocycles. The molecule has 0 fully saturated rings. The van der Waals surface area contributed by atoms with Gasteiger partial charge in [0, 0.05) is 31.4 Å². The van der Waals surface area contributed by atoms with Crippen molar-refractivity contribution < 1.29 is 0 Å². The fourth-order valence-electron chi connectivity index (χ4n) is 1.68. The number of nitrogens with zero attached hydrogens (tertiary/aromatic N) is 3. The van der Waals surface area contributed by atoms with E-state index in [9.17, 15) is 0 Å². The third-order valence-electron chi connectivity index (χ3n) is 2.42. The standard InChI is InChI=1S/C14H27N5.HI/c1-6-15-13(18-14(3,4)5)16-8-7-9-19-11-12(2)10-17-19;/h10-11H,6-9H2,1-5H3,(H2,15,16,18);1H. The highest BCUT2D eigenvalue weighted by molar-refractivity contribution is 14.0. The number of aliphatic imine (C=N–C) groups is 1. The molecule has 0 bridgehead atoms. The first-order valence-corrected chi connectivity index (χ1v) is 6.96. The zero-order valence-electron chi connectivity index (χ0n) is 13.2. The number of halogens is 1. The zero-order valence-corrected chi connectivity index (χ0v) is 15.6. The zero-order chi connectivity index (χ0) is 14.3. The summed E-state index contributed by atoms with van der Waals surface area (Å²) in [5.41, 5.74) is 1.23. The van der Waals surface area contributed by atoms with Crippen LogP contribution < -0.4 is 10.6 Å². The molecular formula is C14H28IN5. The van der Waals surface area contributed by atoms with Crippen molar-refractivity contribution in [3.8, 4) is 0 Å². The number of guanidine groups is 1. The fourth-order valence-corrected chi connectivity index (χ4v) is 1.68. The fraction of sp³-hybridized carbons (Fsp3) is 0.714. The van der Waals surface area contributed by atoms with Crippen molar-refractivity contribution in [1.82, 2.24) is 20.4 Å². The molecule has 0 saturated carbocycles. The van der Waals surface area contributed by atoms with E-state index in [0.29, 0.717) is 0 Å². The highest BCUT2D eigenvalue weighted by atomic mass is 127. The molecule has 0 spiro atoms. The molecule has 0 saturated heterocycles. The summed E-state index contributed by atoms with van der Waals surface area (Å²) >= 11 is 0. The van der Waals surface area contributed by atoms with E-state index >= 15 is 0 Å². The molecule has 1 aromatic heterocycles. The van der Waals surface area contributed by atoms with Crippen LogP contribution in [-0.2, 0) is 6.54 Å². The molecule has 0 aliphatic rings. The van der Waals surface area contributed by atoms with Crippen molar-refractivity contribution in [2.75, 3.05) is 13.1 Å². The number of hydrogen-bond acceptors (Lipinski definition) is 2. The van der Waals surface area contributed by atoms with E-state index in [1.807, 2.05) is 10.9 Å². The average molecular weight is 393 g/mol. The van der Waals surface area contributed by atoms with Gasteiger partial charge in [0.2, 0.25) is 0 Å². The minimum atomic E-state index is 0. The smallest absolute Gasteiger partial charge is 0.191 e. The van der Waals surface area contributed by atoms with Gasteiger partial charge in [-0.25, -0.2) is 0 Å². The summed E-state index contributed by atoms with van der Waals surface area (Å²) < 4.78 is 1.97. The number of nitrogens with one attached hydrogen (secondary N) is 2. The Labute approximate surface area is 139 Å². The van der Waals surface area contributed by atoms with Crippen LogP contribution in [0.2, 0.25) is 0 Å². The lowest BCUT2D eigenvalue weighted by molar-refractivity contribution is 0.500. The summed E-state index contributed by atoms with van der Waals surface area (Å²) in [7, 11) is 0. The molecule has 1 aromatic rings. The quantitative estimate of drug-likeness (QED) is 0.350. The van der Waals surface area contributed by atoms with Gasteiger partial charge in [-0.15, -0.1) is 24.0 Å². The number of aryl methyl sites for hydroxylation is 2. The first kappa shape index (κ1) is 19.2. The predicted molar refractivity (Wildman–Crippen MR) is 95.9 cm³/mol. The van der Waals surface area contributed by atoms with Crippen molar-refractivity contribution in [2.24, 2.45) is 4.99 Å². The molecule has 6 heteroatoms. The van der Waals surface area contributed by atoms with Crippen LogP contribution in [0.15, 0.2) is 17.4 Å². The topological polar surface area (TPSA) is 54.2 Å². The maximum atomic E-state index is 4.57.